The lowest BCUT2D eigenvalue weighted by Gasteiger charge is -2.02. The third-order valence-corrected chi connectivity index (χ3v) is 5.16. The van der Waals surface area contributed by atoms with E-state index in [-0.39, 0.29) is 18.0 Å². The number of aryl methyl sites for hydroxylation is 1. The number of hydrogen-bond acceptors (Lipinski definition) is 2. The van der Waals surface area contributed by atoms with Crippen LogP contribution in [-0.4, -0.2) is 5.78 Å². The summed E-state index contributed by atoms with van der Waals surface area (Å²) in [6.45, 7) is 1.93. The molecule has 0 aliphatic rings. The van der Waals surface area contributed by atoms with Gasteiger partial charge in [-0.05, 0) is 58.2 Å². The van der Waals surface area contributed by atoms with Gasteiger partial charge in [-0.25, -0.2) is 4.39 Å². The number of thiophene rings is 1. The molecule has 0 spiro atoms. The average molecular weight is 392 g/mol. The summed E-state index contributed by atoms with van der Waals surface area (Å²) in [5, 5.41) is 0. The van der Waals surface area contributed by atoms with Gasteiger partial charge in [0.1, 0.15) is 5.82 Å². The first-order valence-electron chi connectivity index (χ1n) is 5.20. The predicted molar refractivity (Wildman–Crippen MR) is 78.9 cm³/mol. The number of carbonyl (C=O) groups is 1. The lowest BCUT2D eigenvalue weighted by atomic mass is 10.1. The number of Topliss-reactive ketones (excluding diaryl/α,β-unsaturated/α-hetero) is 1. The number of rotatable bonds is 3. The monoisotopic (exact) mass is 390 g/mol. The smallest absolute Gasteiger partial charge is 0.177 e. The molecule has 1 heterocycles. The molecule has 1 aromatic heterocycles. The van der Waals surface area contributed by atoms with Gasteiger partial charge in [-0.1, -0.05) is 15.9 Å². The van der Waals surface area contributed by atoms with Crippen molar-refractivity contribution in [3.63, 3.8) is 0 Å². The van der Waals surface area contributed by atoms with Crippen LogP contribution in [0.2, 0.25) is 0 Å². The lowest BCUT2D eigenvalue weighted by molar-refractivity contribution is 0.0995. The van der Waals surface area contributed by atoms with E-state index in [1.165, 1.54) is 17.4 Å². The summed E-state index contributed by atoms with van der Waals surface area (Å²) in [4.78, 5) is 12.7. The number of benzene rings is 1. The second-order valence-corrected chi connectivity index (χ2v) is 7.19. The zero-order chi connectivity index (χ0) is 13.3. The highest BCUT2D eigenvalue weighted by molar-refractivity contribution is 9.11. The third kappa shape index (κ3) is 3.08. The van der Waals surface area contributed by atoms with E-state index in [0.29, 0.717) is 10.4 Å². The van der Waals surface area contributed by atoms with Crippen LogP contribution >= 0.6 is 43.2 Å². The zero-order valence-corrected chi connectivity index (χ0v) is 13.5. The van der Waals surface area contributed by atoms with Gasteiger partial charge < -0.3 is 0 Å². The first kappa shape index (κ1) is 13.9. The van der Waals surface area contributed by atoms with Crippen molar-refractivity contribution in [2.75, 3.05) is 0 Å². The van der Waals surface area contributed by atoms with Gasteiger partial charge in [-0.15, -0.1) is 11.3 Å². The van der Waals surface area contributed by atoms with E-state index in [1.807, 2.05) is 13.0 Å². The molecule has 0 N–H and O–H groups in total. The molecular weight excluding hydrogens is 383 g/mol. The summed E-state index contributed by atoms with van der Waals surface area (Å²) >= 11 is 8.04. The molecule has 0 atom stereocenters. The Bertz CT molecular complexity index is 588. The van der Waals surface area contributed by atoms with Crippen molar-refractivity contribution in [3.8, 4) is 0 Å². The average Bonchev–Trinajstić information content (AvgIpc) is 2.64. The maximum Gasteiger partial charge on any atom is 0.177 e. The Kier molecular flexibility index (Phi) is 4.35. The fourth-order valence-corrected chi connectivity index (χ4v) is 3.42. The molecule has 2 aromatic rings. The van der Waals surface area contributed by atoms with Crippen LogP contribution in [0, 0.1) is 12.7 Å². The summed E-state index contributed by atoms with van der Waals surface area (Å²) in [6.07, 6.45) is 0.0810. The Hall–Kier alpha value is -0.520. The minimum absolute atomic E-state index is 0.0641. The SMILES string of the molecule is Cc1cc(C(=O)Cc2cc(Br)ccc2F)sc1Br. The first-order chi connectivity index (χ1) is 8.47. The summed E-state index contributed by atoms with van der Waals surface area (Å²) < 4.78 is 15.3. The number of carbonyl (C=O) groups excluding carboxylic acids is 1. The van der Waals surface area contributed by atoms with Crippen molar-refractivity contribution in [1.82, 2.24) is 0 Å². The van der Waals surface area contributed by atoms with Crippen molar-refractivity contribution in [3.05, 3.63) is 54.3 Å². The molecule has 0 saturated heterocycles. The van der Waals surface area contributed by atoms with E-state index in [2.05, 4.69) is 31.9 Å². The summed E-state index contributed by atoms with van der Waals surface area (Å²) in [5.41, 5.74) is 1.44. The number of halogens is 3. The predicted octanol–water partition coefficient (Wildman–Crippen LogP) is 5.15. The molecule has 0 aliphatic carbocycles. The summed E-state index contributed by atoms with van der Waals surface area (Å²) in [5.74, 6) is -0.412. The van der Waals surface area contributed by atoms with Crippen molar-refractivity contribution < 1.29 is 9.18 Å². The fraction of sp³-hybridized carbons (Fsp3) is 0.154. The van der Waals surface area contributed by atoms with Crippen LogP contribution in [-0.2, 0) is 6.42 Å². The molecule has 0 radical (unpaired) electrons. The maximum absolute atomic E-state index is 13.6. The van der Waals surface area contributed by atoms with E-state index in [0.717, 1.165) is 13.8 Å². The van der Waals surface area contributed by atoms with Gasteiger partial charge in [0.05, 0.1) is 8.66 Å². The maximum atomic E-state index is 13.6. The summed E-state index contributed by atoms with van der Waals surface area (Å²) in [6, 6.07) is 6.45. The van der Waals surface area contributed by atoms with Crippen LogP contribution in [0.15, 0.2) is 32.5 Å². The Morgan fingerprint density at radius 1 is 1.33 bits per heavy atom. The molecule has 2 rings (SSSR count). The fourth-order valence-electron chi connectivity index (χ4n) is 1.54. The van der Waals surface area contributed by atoms with E-state index in [9.17, 15) is 9.18 Å². The van der Waals surface area contributed by atoms with E-state index in [4.69, 9.17) is 0 Å². The van der Waals surface area contributed by atoms with E-state index in [1.54, 1.807) is 12.1 Å². The Morgan fingerprint density at radius 3 is 2.67 bits per heavy atom. The van der Waals surface area contributed by atoms with Crippen molar-refractivity contribution in [2.45, 2.75) is 13.3 Å². The standard InChI is InChI=1S/C13H9Br2FOS/c1-7-4-12(18-13(7)15)11(17)6-8-5-9(14)2-3-10(8)16/h2-5H,6H2,1H3. The topological polar surface area (TPSA) is 17.1 Å². The molecular formula is C13H9Br2FOS. The van der Waals surface area contributed by atoms with Gasteiger partial charge in [0.25, 0.3) is 0 Å². The van der Waals surface area contributed by atoms with Crippen LogP contribution in [0.25, 0.3) is 0 Å². The molecule has 0 amide bonds. The Morgan fingerprint density at radius 2 is 2.06 bits per heavy atom. The van der Waals surface area contributed by atoms with E-state index < -0.39 is 0 Å². The second-order valence-electron chi connectivity index (χ2n) is 3.90. The Balaban J connectivity index is 2.23. The normalized spacial score (nSPS) is 10.7. The highest BCUT2D eigenvalue weighted by Crippen LogP contribution is 2.28. The van der Waals surface area contributed by atoms with Gasteiger partial charge in [0, 0.05) is 10.9 Å². The quantitative estimate of drug-likeness (QED) is 0.661. The highest BCUT2D eigenvalue weighted by Gasteiger charge is 2.14. The molecule has 0 fully saturated rings. The van der Waals surface area contributed by atoms with Crippen molar-refractivity contribution >= 4 is 49.0 Å². The van der Waals surface area contributed by atoms with Crippen LogP contribution in [0.4, 0.5) is 4.39 Å². The van der Waals surface area contributed by atoms with Crippen molar-refractivity contribution in [1.29, 1.82) is 0 Å². The molecule has 1 aromatic carbocycles. The minimum Gasteiger partial charge on any atom is -0.293 e. The molecule has 0 saturated carbocycles. The zero-order valence-electron chi connectivity index (χ0n) is 9.47. The molecule has 18 heavy (non-hydrogen) atoms. The van der Waals surface area contributed by atoms with E-state index >= 15 is 0 Å². The lowest BCUT2D eigenvalue weighted by Crippen LogP contribution is -2.03. The Labute approximate surface area is 125 Å². The van der Waals surface area contributed by atoms with Crippen LogP contribution in [0.5, 0.6) is 0 Å². The molecule has 0 unspecified atom stereocenters. The third-order valence-electron chi connectivity index (χ3n) is 2.49. The van der Waals surface area contributed by atoms with Crippen LogP contribution in [0.3, 0.4) is 0 Å². The molecule has 94 valence electrons. The van der Waals surface area contributed by atoms with Gasteiger partial charge >= 0.3 is 0 Å². The van der Waals surface area contributed by atoms with Gasteiger partial charge in [-0.2, -0.15) is 0 Å². The van der Waals surface area contributed by atoms with Gasteiger partial charge in [-0.3, -0.25) is 4.79 Å². The molecule has 1 nitrogen and oxygen atoms in total. The molecule has 0 aliphatic heterocycles. The van der Waals surface area contributed by atoms with Gasteiger partial charge in [0.15, 0.2) is 5.78 Å². The number of ketones is 1. The molecule has 0 bridgehead atoms. The minimum atomic E-state index is -0.348. The first-order valence-corrected chi connectivity index (χ1v) is 7.60. The highest BCUT2D eigenvalue weighted by atomic mass is 79.9. The van der Waals surface area contributed by atoms with Crippen LogP contribution < -0.4 is 0 Å². The summed E-state index contributed by atoms with van der Waals surface area (Å²) in [7, 11) is 0. The second kappa shape index (κ2) is 5.63. The van der Waals surface area contributed by atoms with Crippen molar-refractivity contribution in [2.24, 2.45) is 0 Å². The number of hydrogen-bond donors (Lipinski definition) is 0. The van der Waals surface area contributed by atoms with Crippen LogP contribution in [0.1, 0.15) is 20.8 Å². The molecule has 5 heteroatoms. The largest absolute Gasteiger partial charge is 0.293 e. The van der Waals surface area contributed by atoms with Gasteiger partial charge in [0.2, 0.25) is 0 Å².